The summed E-state index contributed by atoms with van der Waals surface area (Å²) < 4.78 is 6.00. The second kappa shape index (κ2) is 9.40. The molecule has 0 heterocycles. The molecule has 0 fully saturated rings. The topological polar surface area (TPSA) is 67.4 Å². The molecule has 148 valence electrons. The van der Waals surface area contributed by atoms with Crippen molar-refractivity contribution in [2.24, 2.45) is 0 Å². The van der Waals surface area contributed by atoms with Crippen LogP contribution in [-0.4, -0.2) is 24.5 Å². The van der Waals surface area contributed by atoms with Gasteiger partial charge in [0.25, 0.3) is 11.8 Å². The third kappa shape index (κ3) is 4.71. The monoisotopic (exact) mass is 380 g/mol. The summed E-state index contributed by atoms with van der Waals surface area (Å²) in [5, 5.41) is 5.69. The summed E-state index contributed by atoms with van der Waals surface area (Å²) in [6.45, 7) is 4.33. The van der Waals surface area contributed by atoms with Crippen LogP contribution in [0.3, 0.4) is 0 Å². The summed E-state index contributed by atoms with van der Waals surface area (Å²) in [7, 11) is 0. The first kappa shape index (κ1) is 19.9. The highest BCUT2D eigenvalue weighted by Crippen LogP contribution is 2.30. The summed E-state index contributed by atoms with van der Waals surface area (Å²) >= 11 is 0. The maximum absolute atomic E-state index is 12.7. The van der Waals surface area contributed by atoms with Gasteiger partial charge in [0, 0.05) is 6.54 Å². The average molecular weight is 380 g/mol. The number of fused-ring (bicyclic) bond motifs is 1. The van der Waals surface area contributed by atoms with Crippen molar-refractivity contribution in [2.75, 3.05) is 11.9 Å². The first-order chi connectivity index (χ1) is 13.6. The van der Waals surface area contributed by atoms with Crippen LogP contribution >= 0.6 is 0 Å². The van der Waals surface area contributed by atoms with E-state index in [1.165, 1.54) is 17.5 Å². The molecule has 3 rings (SSSR count). The standard InChI is InChI=1S/C23H28N2O3/c1-3-15-24-23(27)19-12-6-7-13-20(19)25-22(26)16(2)28-21-14-8-10-17-9-4-5-11-18(17)21/h6-8,10,12-14,16H,3-5,9,11,15H2,1-2H3,(H,24,27)(H,25,26). The molecule has 1 aliphatic rings. The molecule has 2 aromatic carbocycles. The molecule has 0 saturated heterocycles. The van der Waals surface area contributed by atoms with Crippen LogP contribution in [0.2, 0.25) is 0 Å². The molecule has 1 unspecified atom stereocenters. The Bertz CT molecular complexity index is 847. The normalized spacial score (nSPS) is 13.9. The summed E-state index contributed by atoms with van der Waals surface area (Å²) in [5.41, 5.74) is 3.47. The van der Waals surface area contributed by atoms with Crippen LogP contribution in [0.15, 0.2) is 42.5 Å². The predicted molar refractivity (Wildman–Crippen MR) is 111 cm³/mol. The highest BCUT2D eigenvalue weighted by atomic mass is 16.5. The molecule has 2 amide bonds. The van der Waals surface area contributed by atoms with E-state index in [2.05, 4.69) is 16.7 Å². The minimum absolute atomic E-state index is 0.191. The van der Waals surface area contributed by atoms with Crippen LogP contribution in [0, 0.1) is 0 Å². The molecule has 5 heteroatoms. The second-order valence-electron chi connectivity index (χ2n) is 7.15. The number of carbonyl (C=O) groups excluding carboxylic acids is 2. The number of aryl methyl sites for hydroxylation is 1. The van der Waals surface area contributed by atoms with Gasteiger partial charge in [-0.1, -0.05) is 31.2 Å². The molecule has 1 atom stereocenters. The van der Waals surface area contributed by atoms with Crippen molar-refractivity contribution in [3.8, 4) is 5.75 Å². The lowest BCUT2D eigenvalue weighted by molar-refractivity contribution is -0.122. The summed E-state index contributed by atoms with van der Waals surface area (Å²) in [6, 6.07) is 13.1. The fraction of sp³-hybridized carbons (Fsp3) is 0.391. The lowest BCUT2D eigenvalue weighted by Gasteiger charge is -2.22. The quantitative estimate of drug-likeness (QED) is 0.760. The Morgan fingerprint density at radius 3 is 2.68 bits per heavy atom. The molecule has 0 bridgehead atoms. The number of para-hydroxylation sites is 1. The Labute approximate surface area is 166 Å². The van der Waals surface area contributed by atoms with E-state index < -0.39 is 6.10 Å². The van der Waals surface area contributed by atoms with Crippen LogP contribution in [0.4, 0.5) is 5.69 Å². The van der Waals surface area contributed by atoms with Gasteiger partial charge in [-0.25, -0.2) is 0 Å². The molecule has 0 saturated carbocycles. The first-order valence-electron chi connectivity index (χ1n) is 10.1. The number of benzene rings is 2. The summed E-state index contributed by atoms with van der Waals surface area (Å²) in [5.74, 6) is 0.321. The zero-order valence-corrected chi connectivity index (χ0v) is 16.6. The lowest BCUT2D eigenvalue weighted by atomic mass is 9.91. The van der Waals surface area contributed by atoms with Crippen molar-refractivity contribution < 1.29 is 14.3 Å². The molecule has 28 heavy (non-hydrogen) atoms. The Morgan fingerprint density at radius 1 is 1.07 bits per heavy atom. The third-order valence-corrected chi connectivity index (χ3v) is 4.99. The zero-order valence-electron chi connectivity index (χ0n) is 16.6. The number of anilines is 1. The number of hydrogen-bond acceptors (Lipinski definition) is 3. The number of ether oxygens (including phenoxy) is 1. The van der Waals surface area contributed by atoms with Crippen molar-refractivity contribution in [3.05, 3.63) is 59.2 Å². The van der Waals surface area contributed by atoms with E-state index in [-0.39, 0.29) is 11.8 Å². The Morgan fingerprint density at radius 2 is 1.86 bits per heavy atom. The van der Waals surface area contributed by atoms with Crippen LogP contribution in [-0.2, 0) is 17.6 Å². The molecular weight excluding hydrogens is 352 g/mol. The van der Waals surface area contributed by atoms with Crippen molar-refractivity contribution in [2.45, 2.75) is 52.1 Å². The predicted octanol–water partition coefficient (Wildman–Crippen LogP) is 4.11. The Hall–Kier alpha value is -2.82. The number of rotatable bonds is 7. The molecule has 5 nitrogen and oxygen atoms in total. The molecule has 2 N–H and O–H groups in total. The van der Waals surface area contributed by atoms with E-state index >= 15 is 0 Å². The van der Waals surface area contributed by atoms with Gasteiger partial charge in [0.15, 0.2) is 6.10 Å². The lowest BCUT2D eigenvalue weighted by Crippen LogP contribution is -2.32. The maximum Gasteiger partial charge on any atom is 0.265 e. The van der Waals surface area contributed by atoms with E-state index in [1.807, 2.05) is 19.1 Å². The van der Waals surface area contributed by atoms with Crippen molar-refractivity contribution in [1.29, 1.82) is 0 Å². The van der Waals surface area contributed by atoms with E-state index in [0.29, 0.717) is 17.8 Å². The van der Waals surface area contributed by atoms with E-state index in [4.69, 9.17) is 4.74 Å². The maximum atomic E-state index is 12.7. The highest BCUT2D eigenvalue weighted by molar-refractivity contribution is 6.04. The zero-order chi connectivity index (χ0) is 19.9. The first-order valence-corrected chi connectivity index (χ1v) is 10.1. The SMILES string of the molecule is CCCNC(=O)c1ccccc1NC(=O)C(C)Oc1cccc2c1CCCC2. The number of amides is 2. The molecule has 2 aromatic rings. The fourth-order valence-corrected chi connectivity index (χ4v) is 3.46. The molecule has 0 aromatic heterocycles. The molecule has 1 aliphatic carbocycles. The van der Waals surface area contributed by atoms with Gasteiger partial charge in [0.05, 0.1) is 11.3 Å². The van der Waals surface area contributed by atoms with Crippen LogP contribution in [0.5, 0.6) is 5.75 Å². The third-order valence-electron chi connectivity index (χ3n) is 4.99. The minimum Gasteiger partial charge on any atom is -0.481 e. The number of hydrogen-bond donors (Lipinski definition) is 2. The van der Waals surface area contributed by atoms with E-state index in [1.54, 1.807) is 31.2 Å². The largest absolute Gasteiger partial charge is 0.481 e. The Balaban J connectivity index is 1.70. The van der Waals surface area contributed by atoms with Gasteiger partial charge in [-0.3, -0.25) is 9.59 Å². The van der Waals surface area contributed by atoms with Gasteiger partial charge < -0.3 is 15.4 Å². The van der Waals surface area contributed by atoms with Gasteiger partial charge in [-0.2, -0.15) is 0 Å². The van der Waals surface area contributed by atoms with Gasteiger partial charge in [-0.15, -0.1) is 0 Å². The van der Waals surface area contributed by atoms with E-state index in [0.717, 1.165) is 31.4 Å². The number of carbonyl (C=O) groups is 2. The number of nitrogens with one attached hydrogen (secondary N) is 2. The van der Waals surface area contributed by atoms with Crippen molar-refractivity contribution in [3.63, 3.8) is 0 Å². The van der Waals surface area contributed by atoms with Gasteiger partial charge >= 0.3 is 0 Å². The van der Waals surface area contributed by atoms with Crippen molar-refractivity contribution in [1.82, 2.24) is 5.32 Å². The highest BCUT2D eigenvalue weighted by Gasteiger charge is 2.21. The van der Waals surface area contributed by atoms with Crippen LogP contribution in [0.25, 0.3) is 0 Å². The van der Waals surface area contributed by atoms with Gasteiger partial charge in [0.2, 0.25) is 0 Å². The second-order valence-corrected chi connectivity index (χ2v) is 7.15. The molecule has 0 radical (unpaired) electrons. The molecule has 0 spiro atoms. The van der Waals surface area contributed by atoms with E-state index in [9.17, 15) is 9.59 Å². The van der Waals surface area contributed by atoms with Gasteiger partial charge in [-0.05, 0) is 68.4 Å². The minimum atomic E-state index is -0.666. The Kier molecular flexibility index (Phi) is 6.69. The summed E-state index contributed by atoms with van der Waals surface area (Å²) in [6.07, 6.45) is 4.58. The van der Waals surface area contributed by atoms with Crippen LogP contribution in [0.1, 0.15) is 54.6 Å². The van der Waals surface area contributed by atoms with Crippen molar-refractivity contribution >= 4 is 17.5 Å². The fourth-order valence-electron chi connectivity index (χ4n) is 3.46. The van der Waals surface area contributed by atoms with Crippen LogP contribution < -0.4 is 15.4 Å². The smallest absolute Gasteiger partial charge is 0.265 e. The molecule has 0 aliphatic heterocycles. The average Bonchev–Trinajstić information content (AvgIpc) is 2.72. The summed E-state index contributed by atoms with van der Waals surface area (Å²) in [4.78, 5) is 25.0. The van der Waals surface area contributed by atoms with Gasteiger partial charge in [0.1, 0.15) is 5.75 Å². The molecular formula is C23H28N2O3.